The van der Waals surface area contributed by atoms with Crippen LogP contribution in [0.3, 0.4) is 0 Å². The summed E-state index contributed by atoms with van der Waals surface area (Å²) < 4.78 is 12.6. The first-order valence-electron chi connectivity index (χ1n) is 10.8. The van der Waals surface area contributed by atoms with Crippen molar-refractivity contribution < 1.29 is 14.3 Å². The maximum Gasteiger partial charge on any atom is 0.244 e. The van der Waals surface area contributed by atoms with Gasteiger partial charge in [-0.1, -0.05) is 97.1 Å². The van der Waals surface area contributed by atoms with E-state index in [4.69, 9.17) is 14.5 Å². The van der Waals surface area contributed by atoms with Gasteiger partial charge in [0.15, 0.2) is 5.60 Å². The second-order valence-corrected chi connectivity index (χ2v) is 8.82. The van der Waals surface area contributed by atoms with E-state index in [-0.39, 0.29) is 5.78 Å². The molecule has 2 heterocycles. The van der Waals surface area contributed by atoms with Crippen LogP contribution in [0.1, 0.15) is 30.5 Å². The number of carbonyl (C=O) groups excluding carboxylic acids is 1. The number of hydrogen-bond acceptors (Lipinski definition) is 4. The number of carbonyl (C=O) groups is 1. The van der Waals surface area contributed by atoms with E-state index in [0.29, 0.717) is 12.5 Å². The Labute approximate surface area is 188 Å². The molecule has 1 unspecified atom stereocenters. The van der Waals surface area contributed by atoms with Gasteiger partial charge in [0.05, 0.1) is 5.54 Å². The second kappa shape index (κ2) is 7.57. The van der Waals surface area contributed by atoms with E-state index in [9.17, 15) is 4.79 Å². The Morgan fingerprint density at radius 2 is 1.38 bits per heavy atom. The highest BCUT2D eigenvalue weighted by Gasteiger charge is 2.80. The predicted octanol–water partition coefficient (Wildman–Crippen LogP) is 5.19. The molecule has 2 aliphatic rings. The smallest absolute Gasteiger partial charge is 0.244 e. The SMILES string of the molecule is CC1(C)COC(C2(C(=O)/C=C/c3ccccc3)OC2(c2ccccc2)c2ccccc2)=N1. The molecule has 4 heteroatoms. The minimum atomic E-state index is -1.35. The van der Waals surface area contributed by atoms with Crippen LogP contribution in [0.4, 0.5) is 0 Å². The second-order valence-electron chi connectivity index (χ2n) is 8.82. The number of epoxide rings is 1. The van der Waals surface area contributed by atoms with Gasteiger partial charge >= 0.3 is 0 Å². The van der Waals surface area contributed by atoms with Crippen molar-refractivity contribution in [3.8, 4) is 0 Å². The molecule has 1 fully saturated rings. The monoisotopic (exact) mass is 423 g/mol. The average Bonchev–Trinajstić information content (AvgIpc) is 3.42. The molecule has 3 aromatic rings. The first-order chi connectivity index (χ1) is 15.5. The number of benzene rings is 3. The highest BCUT2D eigenvalue weighted by molar-refractivity contribution is 6.20. The molecule has 5 rings (SSSR count). The quantitative estimate of drug-likeness (QED) is 0.405. The fourth-order valence-electron chi connectivity index (χ4n) is 4.38. The number of rotatable bonds is 6. The van der Waals surface area contributed by atoms with Gasteiger partial charge in [-0.15, -0.1) is 0 Å². The molecule has 160 valence electrons. The molecule has 0 bridgehead atoms. The van der Waals surface area contributed by atoms with Crippen molar-refractivity contribution in [2.24, 2.45) is 4.99 Å². The fraction of sp³-hybridized carbons (Fsp3) is 0.214. The number of nitrogens with zero attached hydrogens (tertiary/aromatic N) is 1. The van der Waals surface area contributed by atoms with Gasteiger partial charge in [-0.2, -0.15) is 0 Å². The van der Waals surface area contributed by atoms with Gasteiger partial charge < -0.3 is 9.47 Å². The van der Waals surface area contributed by atoms with Crippen LogP contribution in [0.15, 0.2) is 102 Å². The first-order valence-corrected chi connectivity index (χ1v) is 10.8. The molecule has 1 atom stereocenters. The standard InChI is InChI=1S/C28H25NO3/c1-26(2)20-31-25(29-26)28(24(30)19-18-21-12-6-3-7-13-21)27(32-28,22-14-8-4-9-15-22)23-16-10-5-11-17-23/h3-19H,20H2,1-2H3/b19-18+. The van der Waals surface area contributed by atoms with Gasteiger partial charge in [-0.25, -0.2) is 4.99 Å². The Morgan fingerprint density at radius 3 is 1.88 bits per heavy atom. The van der Waals surface area contributed by atoms with Crippen LogP contribution in [0.2, 0.25) is 0 Å². The lowest BCUT2D eigenvalue weighted by Gasteiger charge is -2.19. The molecule has 0 N–H and O–H groups in total. The third-order valence-corrected chi connectivity index (χ3v) is 5.96. The van der Waals surface area contributed by atoms with Gasteiger partial charge in [0, 0.05) is 0 Å². The van der Waals surface area contributed by atoms with Crippen molar-refractivity contribution in [1.29, 1.82) is 0 Å². The van der Waals surface area contributed by atoms with Crippen LogP contribution in [0, 0.1) is 0 Å². The van der Waals surface area contributed by atoms with Crippen LogP contribution in [-0.4, -0.2) is 29.4 Å². The Morgan fingerprint density at radius 1 is 0.844 bits per heavy atom. The summed E-state index contributed by atoms with van der Waals surface area (Å²) in [6, 6.07) is 29.4. The van der Waals surface area contributed by atoms with Gasteiger partial charge in [0.25, 0.3) is 0 Å². The molecule has 0 aliphatic carbocycles. The van der Waals surface area contributed by atoms with E-state index in [0.717, 1.165) is 16.7 Å². The topological polar surface area (TPSA) is 51.2 Å². The van der Waals surface area contributed by atoms with E-state index in [2.05, 4.69) is 0 Å². The van der Waals surface area contributed by atoms with E-state index in [1.807, 2.05) is 111 Å². The molecule has 2 aliphatic heterocycles. The summed E-state index contributed by atoms with van der Waals surface area (Å²) in [5, 5.41) is 0. The summed E-state index contributed by atoms with van der Waals surface area (Å²) in [4.78, 5) is 18.7. The van der Waals surface area contributed by atoms with E-state index in [1.54, 1.807) is 6.08 Å². The molecule has 32 heavy (non-hydrogen) atoms. The van der Waals surface area contributed by atoms with Crippen LogP contribution >= 0.6 is 0 Å². The molecule has 0 radical (unpaired) electrons. The number of ether oxygens (including phenoxy) is 2. The van der Waals surface area contributed by atoms with E-state index in [1.165, 1.54) is 0 Å². The zero-order valence-electron chi connectivity index (χ0n) is 18.2. The lowest BCUT2D eigenvalue weighted by atomic mass is 9.78. The summed E-state index contributed by atoms with van der Waals surface area (Å²) in [7, 11) is 0. The first kappa shape index (κ1) is 20.4. The van der Waals surface area contributed by atoms with Crippen molar-refractivity contribution in [2.75, 3.05) is 6.61 Å². The summed E-state index contributed by atoms with van der Waals surface area (Å²) in [5.74, 6) is 0.156. The number of ketones is 1. The minimum Gasteiger partial charge on any atom is -0.476 e. The lowest BCUT2D eigenvalue weighted by Crippen LogP contribution is -2.41. The van der Waals surface area contributed by atoms with Gasteiger partial charge in [0.1, 0.15) is 6.61 Å². The Bertz CT molecular complexity index is 1140. The summed E-state index contributed by atoms with van der Waals surface area (Å²) >= 11 is 0. The van der Waals surface area contributed by atoms with E-state index >= 15 is 0 Å². The summed E-state index contributed by atoms with van der Waals surface area (Å²) in [6.07, 6.45) is 3.40. The average molecular weight is 424 g/mol. The normalized spacial score (nSPS) is 22.9. The van der Waals surface area contributed by atoms with E-state index < -0.39 is 16.7 Å². The van der Waals surface area contributed by atoms with Gasteiger partial charge in [-0.05, 0) is 36.6 Å². The van der Waals surface area contributed by atoms with Gasteiger partial charge in [0.2, 0.25) is 17.3 Å². The van der Waals surface area contributed by atoms with Crippen molar-refractivity contribution >= 4 is 17.8 Å². The molecular weight excluding hydrogens is 398 g/mol. The zero-order valence-corrected chi connectivity index (χ0v) is 18.2. The maximum atomic E-state index is 13.9. The Balaban J connectivity index is 1.67. The zero-order chi connectivity index (χ0) is 22.2. The largest absolute Gasteiger partial charge is 0.476 e. The van der Waals surface area contributed by atoms with Crippen molar-refractivity contribution in [1.82, 2.24) is 0 Å². The molecule has 3 aromatic carbocycles. The van der Waals surface area contributed by atoms with Crippen LogP contribution < -0.4 is 0 Å². The summed E-state index contributed by atoms with van der Waals surface area (Å²) in [6.45, 7) is 4.39. The number of aliphatic imine (C=N–C) groups is 1. The third-order valence-electron chi connectivity index (χ3n) is 5.96. The molecular formula is C28H25NO3. The molecule has 4 nitrogen and oxygen atoms in total. The summed E-state index contributed by atoms with van der Waals surface area (Å²) in [5.41, 5.74) is -0.0537. The maximum absolute atomic E-state index is 13.9. The molecule has 0 amide bonds. The van der Waals surface area contributed by atoms with Crippen LogP contribution in [-0.2, 0) is 19.9 Å². The van der Waals surface area contributed by atoms with Crippen LogP contribution in [0.25, 0.3) is 6.08 Å². The lowest BCUT2D eigenvalue weighted by molar-refractivity contribution is -0.117. The van der Waals surface area contributed by atoms with Crippen LogP contribution in [0.5, 0.6) is 0 Å². The van der Waals surface area contributed by atoms with Crippen molar-refractivity contribution in [3.63, 3.8) is 0 Å². The molecule has 0 aromatic heterocycles. The fourth-order valence-corrected chi connectivity index (χ4v) is 4.38. The third kappa shape index (κ3) is 3.19. The highest BCUT2D eigenvalue weighted by Crippen LogP contribution is 2.62. The van der Waals surface area contributed by atoms with Crippen molar-refractivity contribution in [2.45, 2.75) is 30.6 Å². The Hall–Kier alpha value is -3.50. The number of hydrogen-bond donors (Lipinski definition) is 0. The molecule has 0 saturated carbocycles. The molecule has 0 spiro atoms. The highest BCUT2D eigenvalue weighted by atomic mass is 16.7. The van der Waals surface area contributed by atoms with Crippen molar-refractivity contribution in [3.05, 3.63) is 114 Å². The minimum absolute atomic E-state index is 0.189. The molecule has 1 saturated heterocycles. The van der Waals surface area contributed by atoms with Gasteiger partial charge in [-0.3, -0.25) is 4.79 Å². The Kier molecular flexibility index (Phi) is 4.83. The predicted molar refractivity (Wildman–Crippen MR) is 125 cm³/mol.